The van der Waals surface area contributed by atoms with Crippen molar-refractivity contribution in [1.82, 2.24) is 5.32 Å². The Morgan fingerprint density at radius 1 is 1.29 bits per heavy atom. The second-order valence-corrected chi connectivity index (χ2v) is 5.98. The Morgan fingerprint density at radius 3 is 2.88 bits per heavy atom. The maximum absolute atomic E-state index is 3.56. The van der Waals surface area contributed by atoms with Crippen LogP contribution in [0.15, 0.2) is 40.2 Å². The molecule has 1 heterocycles. The molecular formula is C14H16BrNS. The third-order valence-electron chi connectivity index (χ3n) is 2.69. The summed E-state index contributed by atoms with van der Waals surface area (Å²) in [5.74, 6) is 0. The molecule has 3 heteroatoms. The third kappa shape index (κ3) is 3.95. The van der Waals surface area contributed by atoms with E-state index in [2.05, 4.69) is 63.9 Å². The molecule has 2 aromatic rings. The molecule has 0 fully saturated rings. The van der Waals surface area contributed by atoms with E-state index >= 15 is 0 Å². The highest BCUT2D eigenvalue weighted by atomic mass is 79.9. The molecule has 0 radical (unpaired) electrons. The van der Waals surface area contributed by atoms with Gasteiger partial charge in [-0.15, -0.1) is 11.3 Å². The van der Waals surface area contributed by atoms with E-state index in [9.17, 15) is 0 Å². The SMILES string of the molecule is Cc1ccc(CNCCc2cccs2)cc1Br. The van der Waals surface area contributed by atoms with Crippen LogP contribution in [0.1, 0.15) is 16.0 Å². The first kappa shape index (κ1) is 12.8. The Bertz CT molecular complexity index is 465. The average Bonchev–Trinajstić information content (AvgIpc) is 2.82. The number of aryl methyl sites for hydroxylation is 1. The lowest BCUT2D eigenvalue weighted by Gasteiger charge is -2.06. The standard InChI is InChI=1S/C14H16BrNS/c1-11-4-5-12(9-14(11)15)10-16-7-6-13-3-2-8-17-13/h2-5,8-9,16H,6-7,10H2,1H3. The van der Waals surface area contributed by atoms with Gasteiger partial charge >= 0.3 is 0 Å². The second kappa shape index (κ2) is 6.34. The van der Waals surface area contributed by atoms with Crippen LogP contribution in [-0.2, 0) is 13.0 Å². The molecule has 0 saturated heterocycles. The predicted molar refractivity (Wildman–Crippen MR) is 78.6 cm³/mol. The zero-order valence-electron chi connectivity index (χ0n) is 9.87. The number of rotatable bonds is 5. The minimum absolute atomic E-state index is 0.935. The normalized spacial score (nSPS) is 10.7. The number of nitrogens with one attached hydrogen (secondary N) is 1. The van der Waals surface area contributed by atoms with E-state index in [1.165, 1.54) is 20.5 Å². The number of thiophene rings is 1. The van der Waals surface area contributed by atoms with Crippen LogP contribution >= 0.6 is 27.3 Å². The molecule has 1 aromatic heterocycles. The summed E-state index contributed by atoms with van der Waals surface area (Å²) < 4.78 is 1.19. The van der Waals surface area contributed by atoms with Crippen molar-refractivity contribution in [1.29, 1.82) is 0 Å². The van der Waals surface area contributed by atoms with E-state index < -0.39 is 0 Å². The maximum Gasteiger partial charge on any atom is 0.0207 e. The molecule has 90 valence electrons. The van der Waals surface area contributed by atoms with Crippen molar-refractivity contribution >= 4 is 27.3 Å². The van der Waals surface area contributed by atoms with Crippen LogP contribution in [0.25, 0.3) is 0 Å². The van der Waals surface area contributed by atoms with Gasteiger partial charge in [-0.05, 0) is 42.0 Å². The highest BCUT2D eigenvalue weighted by Gasteiger charge is 1.98. The number of hydrogen-bond acceptors (Lipinski definition) is 2. The second-order valence-electron chi connectivity index (χ2n) is 4.09. The van der Waals surface area contributed by atoms with Gasteiger partial charge in [-0.1, -0.05) is 34.1 Å². The van der Waals surface area contributed by atoms with Gasteiger partial charge in [0.15, 0.2) is 0 Å². The van der Waals surface area contributed by atoms with Crippen molar-refractivity contribution < 1.29 is 0 Å². The predicted octanol–water partition coefficient (Wildman–Crippen LogP) is 4.15. The molecule has 1 N–H and O–H groups in total. The summed E-state index contributed by atoms with van der Waals surface area (Å²) in [7, 11) is 0. The molecule has 0 aliphatic heterocycles. The van der Waals surface area contributed by atoms with Crippen LogP contribution < -0.4 is 5.32 Å². The summed E-state index contributed by atoms with van der Waals surface area (Å²) in [6.45, 7) is 4.08. The van der Waals surface area contributed by atoms with Crippen molar-refractivity contribution in [3.63, 3.8) is 0 Å². The Morgan fingerprint density at radius 2 is 2.18 bits per heavy atom. The average molecular weight is 310 g/mol. The molecule has 1 aromatic carbocycles. The lowest BCUT2D eigenvalue weighted by atomic mass is 10.1. The zero-order chi connectivity index (χ0) is 12.1. The molecule has 0 aliphatic rings. The van der Waals surface area contributed by atoms with Crippen LogP contribution in [-0.4, -0.2) is 6.54 Å². The van der Waals surface area contributed by atoms with Crippen molar-refractivity contribution in [3.8, 4) is 0 Å². The van der Waals surface area contributed by atoms with Crippen LogP contribution in [0.5, 0.6) is 0 Å². The summed E-state index contributed by atoms with van der Waals surface area (Å²) in [4.78, 5) is 1.45. The summed E-state index contributed by atoms with van der Waals surface area (Å²) in [6.07, 6.45) is 1.12. The van der Waals surface area contributed by atoms with Crippen LogP contribution in [0.4, 0.5) is 0 Å². The van der Waals surface area contributed by atoms with Crippen molar-refractivity contribution in [3.05, 3.63) is 56.2 Å². The molecule has 0 spiro atoms. The third-order valence-corrected chi connectivity index (χ3v) is 4.48. The largest absolute Gasteiger partial charge is 0.312 e. The molecule has 1 nitrogen and oxygen atoms in total. The van der Waals surface area contributed by atoms with Gasteiger partial charge in [0.25, 0.3) is 0 Å². The molecule has 0 unspecified atom stereocenters. The van der Waals surface area contributed by atoms with Crippen LogP contribution in [0, 0.1) is 6.92 Å². The first-order chi connectivity index (χ1) is 8.25. The van der Waals surface area contributed by atoms with Gasteiger partial charge < -0.3 is 5.32 Å². The van der Waals surface area contributed by atoms with Gasteiger partial charge in [-0.25, -0.2) is 0 Å². The van der Waals surface area contributed by atoms with E-state index in [1.807, 2.05) is 11.3 Å². The van der Waals surface area contributed by atoms with Gasteiger partial charge in [-0.2, -0.15) is 0 Å². The van der Waals surface area contributed by atoms with Crippen LogP contribution in [0.3, 0.4) is 0 Å². The van der Waals surface area contributed by atoms with E-state index in [-0.39, 0.29) is 0 Å². The number of hydrogen-bond donors (Lipinski definition) is 1. The van der Waals surface area contributed by atoms with E-state index in [0.29, 0.717) is 0 Å². The summed E-state index contributed by atoms with van der Waals surface area (Å²) in [5, 5.41) is 5.60. The molecule has 0 amide bonds. The Hall–Kier alpha value is -0.640. The molecule has 0 saturated carbocycles. The number of halogens is 1. The van der Waals surface area contributed by atoms with Crippen molar-refractivity contribution in [2.75, 3.05) is 6.54 Å². The first-order valence-electron chi connectivity index (χ1n) is 5.74. The van der Waals surface area contributed by atoms with E-state index in [0.717, 1.165) is 19.5 Å². The fourth-order valence-corrected chi connectivity index (χ4v) is 2.78. The van der Waals surface area contributed by atoms with Gasteiger partial charge in [0.1, 0.15) is 0 Å². The molecule has 0 bridgehead atoms. The van der Waals surface area contributed by atoms with Crippen molar-refractivity contribution in [2.24, 2.45) is 0 Å². The summed E-state index contributed by atoms with van der Waals surface area (Å²) >= 11 is 5.39. The van der Waals surface area contributed by atoms with Crippen molar-refractivity contribution in [2.45, 2.75) is 19.9 Å². The monoisotopic (exact) mass is 309 g/mol. The smallest absolute Gasteiger partial charge is 0.0207 e. The molecule has 2 rings (SSSR count). The molecule has 17 heavy (non-hydrogen) atoms. The Kier molecular flexibility index (Phi) is 4.77. The van der Waals surface area contributed by atoms with Gasteiger partial charge in [0, 0.05) is 22.4 Å². The molecular weight excluding hydrogens is 294 g/mol. The van der Waals surface area contributed by atoms with E-state index in [4.69, 9.17) is 0 Å². The minimum atomic E-state index is 0.935. The maximum atomic E-state index is 3.56. The zero-order valence-corrected chi connectivity index (χ0v) is 12.3. The fraction of sp³-hybridized carbons (Fsp3) is 0.286. The fourth-order valence-electron chi connectivity index (χ4n) is 1.65. The summed E-state index contributed by atoms with van der Waals surface area (Å²) in [6, 6.07) is 10.8. The van der Waals surface area contributed by atoms with Gasteiger partial charge in [-0.3, -0.25) is 0 Å². The lowest BCUT2D eigenvalue weighted by Crippen LogP contribution is -2.16. The highest BCUT2D eigenvalue weighted by molar-refractivity contribution is 9.10. The lowest BCUT2D eigenvalue weighted by molar-refractivity contribution is 0.690. The van der Waals surface area contributed by atoms with Crippen LogP contribution in [0.2, 0.25) is 0 Å². The first-order valence-corrected chi connectivity index (χ1v) is 7.41. The minimum Gasteiger partial charge on any atom is -0.312 e. The quantitative estimate of drug-likeness (QED) is 0.818. The summed E-state index contributed by atoms with van der Waals surface area (Å²) in [5.41, 5.74) is 2.61. The molecule has 0 aliphatic carbocycles. The Balaban J connectivity index is 1.76. The Labute approximate surface area is 115 Å². The number of benzene rings is 1. The van der Waals surface area contributed by atoms with Gasteiger partial charge in [0.2, 0.25) is 0 Å². The molecule has 0 atom stereocenters. The van der Waals surface area contributed by atoms with Gasteiger partial charge in [0.05, 0.1) is 0 Å². The topological polar surface area (TPSA) is 12.0 Å². The van der Waals surface area contributed by atoms with E-state index in [1.54, 1.807) is 0 Å². The highest BCUT2D eigenvalue weighted by Crippen LogP contribution is 2.17.